The zero-order valence-electron chi connectivity index (χ0n) is 11.5. The molecule has 1 amide bonds. The first-order valence-corrected chi connectivity index (χ1v) is 5.79. The summed E-state index contributed by atoms with van der Waals surface area (Å²) >= 11 is 0. The Kier molecular flexibility index (Phi) is 4.69. The third kappa shape index (κ3) is 3.84. The van der Waals surface area contributed by atoms with Gasteiger partial charge in [0.1, 0.15) is 5.70 Å². The van der Waals surface area contributed by atoms with Gasteiger partial charge in [-0.25, -0.2) is 4.79 Å². The topological polar surface area (TPSA) is 81.4 Å². The molecule has 0 unspecified atom stereocenters. The van der Waals surface area contributed by atoms with E-state index >= 15 is 0 Å². The highest BCUT2D eigenvalue weighted by Crippen LogP contribution is 2.20. The van der Waals surface area contributed by atoms with Crippen molar-refractivity contribution in [3.63, 3.8) is 0 Å². The summed E-state index contributed by atoms with van der Waals surface area (Å²) in [5, 5.41) is 2.45. The Hall–Kier alpha value is -2.30. The average Bonchev–Trinajstić information content (AvgIpc) is 2.33. The first-order chi connectivity index (χ1) is 8.85. The van der Waals surface area contributed by atoms with E-state index in [1.165, 1.54) is 14.0 Å². The van der Waals surface area contributed by atoms with Gasteiger partial charge in [-0.05, 0) is 48.7 Å². The Morgan fingerprint density at radius 3 is 2.21 bits per heavy atom. The van der Waals surface area contributed by atoms with Gasteiger partial charge in [-0.2, -0.15) is 0 Å². The largest absolute Gasteiger partial charge is 0.464 e. The van der Waals surface area contributed by atoms with Crippen LogP contribution in [0.4, 0.5) is 5.69 Å². The molecule has 0 heterocycles. The SMILES string of the molecule is COC(=O)/C(=C/c1cc(C)c(N)c(C)c1)NC(C)=O. The number of carbonyl (C=O) groups is 2. The number of esters is 1. The lowest BCUT2D eigenvalue weighted by atomic mass is 10.0. The monoisotopic (exact) mass is 262 g/mol. The third-order valence-corrected chi connectivity index (χ3v) is 2.64. The number of ether oxygens (including phenoxy) is 1. The van der Waals surface area contributed by atoms with E-state index in [-0.39, 0.29) is 11.6 Å². The number of carbonyl (C=O) groups excluding carboxylic acids is 2. The van der Waals surface area contributed by atoms with Crippen LogP contribution in [-0.4, -0.2) is 19.0 Å². The van der Waals surface area contributed by atoms with Gasteiger partial charge in [0, 0.05) is 12.6 Å². The van der Waals surface area contributed by atoms with Gasteiger partial charge in [-0.3, -0.25) is 4.79 Å². The summed E-state index contributed by atoms with van der Waals surface area (Å²) in [6.45, 7) is 5.10. The van der Waals surface area contributed by atoms with Crippen LogP contribution in [0.3, 0.4) is 0 Å². The fourth-order valence-corrected chi connectivity index (χ4v) is 1.70. The van der Waals surface area contributed by atoms with E-state index < -0.39 is 5.97 Å². The Labute approximate surface area is 112 Å². The van der Waals surface area contributed by atoms with E-state index in [9.17, 15) is 9.59 Å². The van der Waals surface area contributed by atoms with Gasteiger partial charge in [-0.15, -0.1) is 0 Å². The lowest BCUT2D eigenvalue weighted by Crippen LogP contribution is -2.25. The molecule has 0 saturated heterocycles. The van der Waals surface area contributed by atoms with Crippen LogP contribution in [0.15, 0.2) is 17.8 Å². The third-order valence-electron chi connectivity index (χ3n) is 2.64. The highest BCUT2D eigenvalue weighted by Gasteiger charge is 2.11. The maximum atomic E-state index is 11.6. The summed E-state index contributed by atoms with van der Waals surface area (Å²) in [6.07, 6.45) is 1.56. The maximum Gasteiger partial charge on any atom is 0.354 e. The molecular weight excluding hydrogens is 244 g/mol. The van der Waals surface area contributed by atoms with Gasteiger partial charge in [0.15, 0.2) is 0 Å². The van der Waals surface area contributed by atoms with E-state index in [1.54, 1.807) is 6.08 Å². The van der Waals surface area contributed by atoms with E-state index in [1.807, 2.05) is 26.0 Å². The van der Waals surface area contributed by atoms with Gasteiger partial charge < -0.3 is 15.8 Å². The smallest absolute Gasteiger partial charge is 0.354 e. The van der Waals surface area contributed by atoms with Crippen LogP contribution in [0.2, 0.25) is 0 Å². The Bertz CT molecular complexity index is 525. The van der Waals surface area contributed by atoms with Crippen molar-refractivity contribution in [3.8, 4) is 0 Å². The van der Waals surface area contributed by atoms with Gasteiger partial charge in [0.05, 0.1) is 7.11 Å². The molecule has 0 atom stereocenters. The van der Waals surface area contributed by atoms with Crippen molar-refractivity contribution in [3.05, 3.63) is 34.5 Å². The number of nitrogen functional groups attached to an aromatic ring is 1. The second-order valence-electron chi connectivity index (χ2n) is 4.30. The molecule has 1 rings (SSSR count). The van der Waals surface area contributed by atoms with Gasteiger partial charge in [0.25, 0.3) is 0 Å². The quantitative estimate of drug-likeness (QED) is 0.492. The maximum absolute atomic E-state index is 11.6. The lowest BCUT2D eigenvalue weighted by molar-refractivity contribution is -0.137. The summed E-state index contributed by atoms with van der Waals surface area (Å²) < 4.78 is 4.62. The van der Waals surface area contributed by atoms with Gasteiger partial charge >= 0.3 is 5.97 Å². The van der Waals surface area contributed by atoms with Crippen LogP contribution < -0.4 is 11.1 Å². The van der Waals surface area contributed by atoms with Crippen LogP contribution in [-0.2, 0) is 14.3 Å². The number of anilines is 1. The minimum Gasteiger partial charge on any atom is -0.464 e. The van der Waals surface area contributed by atoms with Crippen molar-refractivity contribution >= 4 is 23.6 Å². The van der Waals surface area contributed by atoms with Crippen molar-refractivity contribution in [2.45, 2.75) is 20.8 Å². The first kappa shape index (κ1) is 14.8. The van der Waals surface area contributed by atoms with Gasteiger partial charge in [-0.1, -0.05) is 0 Å². The van der Waals surface area contributed by atoms with Crippen molar-refractivity contribution in [2.24, 2.45) is 0 Å². The van der Waals surface area contributed by atoms with E-state index in [0.717, 1.165) is 22.4 Å². The molecule has 5 nitrogen and oxygen atoms in total. The molecule has 102 valence electrons. The summed E-state index contributed by atoms with van der Waals surface area (Å²) in [7, 11) is 1.26. The molecule has 0 spiro atoms. The molecule has 0 fully saturated rings. The standard InChI is InChI=1S/C14H18N2O3/c1-8-5-11(6-9(2)13(8)15)7-12(14(18)19-4)16-10(3)17/h5-7H,15H2,1-4H3,(H,16,17)/b12-7-. The zero-order valence-corrected chi connectivity index (χ0v) is 11.5. The van der Waals surface area contributed by atoms with Crippen molar-refractivity contribution < 1.29 is 14.3 Å². The van der Waals surface area contributed by atoms with Crippen LogP contribution in [0.5, 0.6) is 0 Å². The zero-order chi connectivity index (χ0) is 14.6. The number of rotatable bonds is 3. The number of aryl methyl sites for hydroxylation is 2. The molecule has 3 N–H and O–H groups in total. The highest BCUT2D eigenvalue weighted by molar-refractivity contribution is 5.97. The molecule has 0 radical (unpaired) electrons. The van der Waals surface area contributed by atoms with Crippen molar-refractivity contribution in [1.82, 2.24) is 5.32 Å². The van der Waals surface area contributed by atoms with Crippen LogP contribution in [0.25, 0.3) is 6.08 Å². The fraction of sp³-hybridized carbons (Fsp3) is 0.286. The molecule has 0 aliphatic carbocycles. The number of amides is 1. The fourth-order valence-electron chi connectivity index (χ4n) is 1.70. The number of benzene rings is 1. The molecule has 1 aromatic rings. The predicted octanol–water partition coefficient (Wildman–Crippen LogP) is 1.54. The summed E-state index contributed by atoms with van der Waals surface area (Å²) in [5.41, 5.74) is 9.29. The summed E-state index contributed by atoms with van der Waals surface area (Å²) in [4.78, 5) is 22.6. The van der Waals surface area contributed by atoms with E-state index in [0.29, 0.717) is 0 Å². The molecule has 5 heteroatoms. The lowest BCUT2D eigenvalue weighted by Gasteiger charge is -2.09. The van der Waals surface area contributed by atoms with Crippen LogP contribution in [0, 0.1) is 13.8 Å². The number of hydrogen-bond donors (Lipinski definition) is 2. The minimum atomic E-state index is -0.595. The summed E-state index contributed by atoms with van der Waals surface area (Å²) in [6, 6.07) is 3.68. The Morgan fingerprint density at radius 2 is 1.79 bits per heavy atom. The van der Waals surface area contributed by atoms with Crippen LogP contribution in [0.1, 0.15) is 23.6 Å². The Morgan fingerprint density at radius 1 is 1.26 bits per heavy atom. The van der Waals surface area contributed by atoms with Crippen LogP contribution >= 0.6 is 0 Å². The van der Waals surface area contributed by atoms with Gasteiger partial charge in [0.2, 0.25) is 5.91 Å². The number of methoxy groups -OCH3 is 1. The normalized spacial score (nSPS) is 11.1. The Balaban J connectivity index is 3.21. The first-order valence-electron chi connectivity index (χ1n) is 5.79. The highest BCUT2D eigenvalue weighted by atomic mass is 16.5. The molecule has 0 aliphatic rings. The second kappa shape index (κ2) is 6.04. The second-order valence-corrected chi connectivity index (χ2v) is 4.30. The number of nitrogens with one attached hydrogen (secondary N) is 1. The molecule has 1 aromatic carbocycles. The summed E-state index contributed by atoms with van der Waals surface area (Å²) in [5.74, 6) is -0.928. The minimum absolute atomic E-state index is 0.0959. The number of nitrogens with two attached hydrogens (primary N) is 1. The molecule has 0 aliphatic heterocycles. The molecular formula is C14H18N2O3. The molecule has 0 saturated carbocycles. The molecule has 19 heavy (non-hydrogen) atoms. The van der Waals surface area contributed by atoms with E-state index in [2.05, 4.69) is 10.1 Å². The number of hydrogen-bond acceptors (Lipinski definition) is 4. The molecule has 0 aromatic heterocycles. The van der Waals surface area contributed by atoms with Crippen molar-refractivity contribution in [2.75, 3.05) is 12.8 Å². The van der Waals surface area contributed by atoms with E-state index in [4.69, 9.17) is 5.73 Å². The van der Waals surface area contributed by atoms with Crippen molar-refractivity contribution in [1.29, 1.82) is 0 Å². The predicted molar refractivity (Wildman–Crippen MR) is 74.1 cm³/mol. The molecule has 0 bridgehead atoms. The average molecular weight is 262 g/mol.